The molecule has 0 spiro atoms. The molecule has 1 aliphatic heterocycles. The molecule has 1 amide bonds. The minimum Gasteiger partial charge on any atom is -0.444 e. The Morgan fingerprint density at radius 2 is 2.17 bits per heavy atom. The van der Waals surface area contributed by atoms with Crippen molar-refractivity contribution in [2.45, 2.75) is 37.8 Å². The number of hydrogen-bond donors (Lipinski definition) is 0. The minimum absolute atomic E-state index is 0.0837. The van der Waals surface area contributed by atoms with E-state index in [2.05, 4.69) is 9.97 Å². The molecule has 128 valence electrons. The number of likely N-dealkylation sites (tertiary alicyclic amines) is 1. The van der Waals surface area contributed by atoms with E-state index >= 15 is 0 Å². The van der Waals surface area contributed by atoms with Crippen LogP contribution in [0.15, 0.2) is 17.3 Å². The van der Waals surface area contributed by atoms with Crippen LogP contribution in [0.2, 0.25) is 5.28 Å². The van der Waals surface area contributed by atoms with Gasteiger partial charge in [-0.2, -0.15) is 0 Å². The molecule has 0 aliphatic carbocycles. The summed E-state index contributed by atoms with van der Waals surface area (Å²) in [5.74, 6) is -0.235. The van der Waals surface area contributed by atoms with Crippen molar-refractivity contribution in [3.63, 3.8) is 0 Å². The van der Waals surface area contributed by atoms with Gasteiger partial charge in [0.15, 0.2) is 14.9 Å². The van der Waals surface area contributed by atoms with E-state index in [1.165, 1.54) is 12.3 Å². The second-order valence-corrected chi connectivity index (χ2v) is 8.85. The fourth-order valence-electron chi connectivity index (χ4n) is 2.35. The van der Waals surface area contributed by atoms with E-state index in [-0.39, 0.29) is 22.0 Å². The smallest absolute Gasteiger partial charge is 0.410 e. The SMILES string of the molecule is CC(C)(C)OC(=O)N1CC[C@H](CS(=O)(=O)c2ccnc(Cl)n2)C1. The molecule has 1 aliphatic rings. The van der Waals surface area contributed by atoms with E-state index in [1.807, 2.05) is 0 Å². The monoisotopic (exact) mass is 361 g/mol. The first-order valence-corrected chi connectivity index (χ1v) is 9.29. The molecule has 9 heteroatoms. The normalized spacial score (nSPS) is 19.0. The van der Waals surface area contributed by atoms with Crippen LogP contribution in [-0.4, -0.2) is 53.8 Å². The highest BCUT2D eigenvalue weighted by atomic mass is 35.5. The van der Waals surface area contributed by atoms with E-state index in [0.717, 1.165) is 0 Å². The summed E-state index contributed by atoms with van der Waals surface area (Å²) >= 11 is 5.64. The van der Waals surface area contributed by atoms with Crippen molar-refractivity contribution in [3.05, 3.63) is 17.5 Å². The molecular formula is C14H20ClN3O4S. The molecule has 0 aromatic carbocycles. The number of rotatable bonds is 3. The van der Waals surface area contributed by atoms with Crippen LogP contribution in [0, 0.1) is 5.92 Å². The molecule has 1 saturated heterocycles. The number of aromatic nitrogens is 2. The molecule has 2 rings (SSSR count). The Morgan fingerprint density at radius 1 is 1.48 bits per heavy atom. The third-order valence-electron chi connectivity index (χ3n) is 3.31. The van der Waals surface area contributed by atoms with Gasteiger partial charge in [-0.25, -0.2) is 23.2 Å². The Morgan fingerprint density at radius 3 is 2.78 bits per heavy atom. The summed E-state index contributed by atoms with van der Waals surface area (Å²) in [4.78, 5) is 21.0. The summed E-state index contributed by atoms with van der Waals surface area (Å²) in [6, 6.07) is 1.32. The van der Waals surface area contributed by atoms with Crippen molar-refractivity contribution < 1.29 is 17.9 Å². The van der Waals surface area contributed by atoms with Crippen molar-refractivity contribution in [2.24, 2.45) is 5.92 Å². The molecule has 0 unspecified atom stereocenters. The number of ether oxygens (including phenoxy) is 1. The fraction of sp³-hybridized carbons (Fsp3) is 0.643. The van der Waals surface area contributed by atoms with E-state index in [4.69, 9.17) is 16.3 Å². The number of sulfone groups is 1. The third-order valence-corrected chi connectivity index (χ3v) is 5.27. The van der Waals surface area contributed by atoms with E-state index in [9.17, 15) is 13.2 Å². The Bertz CT molecular complexity index is 688. The van der Waals surface area contributed by atoms with Gasteiger partial charge in [-0.15, -0.1) is 0 Å². The molecule has 23 heavy (non-hydrogen) atoms. The number of hydrogen-bond acceptors (Lipinski definition) is 6. The number of carbonyl (C=O) groups is 1. The summed E-state index contributed by atoms with van der Waals surface area (Å²) < 4.78 is 30.0. The largest absolute Gasteiger partial charge is 0.444 e. The van der Waals surface area contributed by atoms with Gasteiger partial charge in [0.25, 0.3) is 0 Å². The fourth-order valence-corrected chi connectivity index (χ4v) is 4.10. The maximum atomic E-state index is 12.4. The van der Waals surface area contributed by atoms with E-state index < -0.39 is 21.5 Å². The lowest BCUT2D eigenvalue weighted by Crippen LogP contribution is -2.35. The first-order chi connectivity index (χ1) is 10.6. The molecular weight excluding hydrogens is 342 g/mol. The topological polar surface area (TPSA) is 89.5 Å². The standard InChI is InChI=1S/C14H20ClN3O4S/c1-14(2,3)22-13(19)18-7-5-10(8-18)9-23(20,21)11-4-6-16-12(15)17-11/h4,6,10H,5,7-9H2,1-3H3/t10-/m0/s1. The molecule has 2 heterocycles. The molecule has 1 aromatic rings. The quantitative estimate of drug-likeness (QED) is 0.605. The number of carbonyl (C=O) groups excluding carboxylic acids is 1. The zero-order valence-corrected chi connectivity index (χ0v) is 14.9. The minimum atomic E-state index is -3.56. The predicted molar refractivity (Wildman–Crippen MR) is 85.0 cm³/mol. The molecule has 0 saturated carbocycles. The molecule has 0 radical (unpaired) electrons. The highest BCUT2D eigenvalue weighted by Gasteiger charge is 2.33. The maximum absolute atomic E-state index is 12.4. The average Bonchev–Trinajstić information content (AvgIpc) is 2.84. The lowest BCUT2D eigenvalue weighted by molar-refractivity contribution is 0.0289. The molecule has 0 N–H and O–H groups in total. The van der Waals surface area contributed by atoms with Crippen molar-refractivity contribution in [3.8, 4) is 0 Å². The van der Waals surface area contributed by atoms with Crippen LogP contribution in [0.1, 0.15) is 27.2 Å². The summed E-state index contributed by atoms with van der Waals surface area (Å²) in [5, 5.41) is -0.193. The van der Waals surface area contributed by atoms with Crippen molar-refractivity contribution in [1.29, 1.82) is 0 Å². The molecule has 1 atom stereocenters. The van der Waals surface area contributed by atoms with Gasteiger partial charge in [0, 0.05) is 19.3 Å². The predicted octanol–water partition coefficient (Wildman–Crippen LogP) is 2.16. The van der Waals surface area contributed by atoms with Crippen LogP contribution in [0.5, 0.6) is 0 Å². The lowest BCUT2D eigenvalue weighted by Gasteiger charge is -2.24. The number of amides is 1. The van der Waals surface area contributed by atoms with Crippen molar-refractivity contribution in [2.75, 3.05) is 18.8 Å². The van der Waals surface area contributed by atoms with Crippen LogP contribution in [0.3, 0.4) is 0 Å². The zero-order chi connectivity index (χ0) is 17.3. The Hall–Kier alpha value is -1.41. The Kier molecular flexibility index (Phi) is 5.15. The van der Waals surface area contributed by atoms with Gasteiger partial charge in [-0.3, -0.25) is 0 Å². The van der Waals surface area contributed by atoms with Crippen LogP contribution >= 0.6 is 11.6 Å². The second kappa shape index (κ2) is 6.60. The summed E-state index contributed by atoms with van der Waals surface area (Å²) in [6.45, 7) is 6.22. The zero-order valence-electron chi connectivity index (χ0n) is 13.3. The second-order valence-electron chi connectivity index (χ2n) is 6.53. The van der Waals surface area contributed by atoms with Gasteiger partial charge in [0.2, 0.25) is 5.28 Å². The van der Waals surface area contributed by atoms with Crippen LogP contribution in [0.25, 0.3) is 0 Å². The summed E-state index contributed by atoms with van der Waals surface area (Å²) in [7, 11) is -3.56. The number of nitrogens with zero attached hydrogens (tertiary/aromatic N) is 3. The van der Waals surface area contributed by atoms with Gasteiger partial charge >= 0.3 is 6.09 Å². The van der Waals surface area contributed by atoms with E-state index in [1.54, 1.807) is 25.7 Å². The Labute approximate surface area is 140 Å². The first-order valence-electron chi connectivity index (χ1n) is 7.26. The van der Waals surface area contributed by atoms with Gasteiger partial charge < -0.3 is 9.64 Å². The lowest BCUT2D eigenvalue weighted by atomic mass is 10.2. The highest BCUT2D eigenvalue weighted by Crippen LogP contribution is 2.23. The maximum Gasteiger partial charge on any atom is 0.410 e. The van der Waals surface area contributed by atoms with Crippen LogP contribution in [0.4, 0.5) is 4.79 Å². The van der Waals surface area contributed by atoms with Crippen LogP contribution < -0.4 is 0 Å². The van der Waals surface area contributed by atoms with Gasteiger partial charge in [-0.05, 0) is 50.8 Å². The van der Waals surface area contributed by atoms with Gasteiger partial charge in [-0.1, -0.05) is 0 Å². The van der Waals surface area contributed by atoms with Gasteiger partial charge in [0.05, 0.1) is 5.75 Å². The Balaban J connectivity index is 1.99. The molecule has 1 fully saturated rings. The first kappa shape index (κ1) is 17.9. The third kappa shape index (κ3) is 5.04. The molecule has 7 nitrogen and oxygen atoms in total. The van der Waals surface area contributed by atoms with E-state index in [0.29, 0.717) is 19.5 Å². The summed E-state index contributed by atoms with van der Waals surface area (Å²) in [6.07, 6.45) is 1.50. The molecule has 0 bridgehead atoms. The van der Waals surface area contributed by atoms with Crippen molar-refractivity contribution in [1.82, 2.24) is 14.9 Å². The van der Waals surface area contributed by atoms with Crippen molar-refractivity contribution >= 4 is 27.5 Å². The highest BCUT2D eigenvalue weighted by molar-refractivity contribution is 7.91. The van der Waals surface area contributed by atoms with Gasteiger partial charge in [0.1, 0.15) is 5.60 Å². The summed E-state index contributed by atoms with van der Waals surface area (Å²) in [5.41, 5.74) is -0.570. The number of halogens is 1. The average molecular weight is 362 g/mol. The van der Waals surface area contributed by atoms with Crippen LogP contribution in [-0.2, 0) is 14.6 Å². The molecule has 1 aromatic heterocycles.